The van der Waals surface area contributed by atoms with Crippen LogP contribution in [0.3, 0.4) is 0 Å². The van der Waals surface area contributed by atoms with Gasteiger partial charge in [-0.1, -0.05) is 15.9 Å². The van der Waals surface area contributed by atoms with Crippen molar-refractivity contribution in [2.24, 2.45) is 0 Å². The Morgan fingerprint density at radius 3 is 2.32 bits per heavy atom. The van der Waals surface area contributed by atoms with Crippen LogP contribution in [0.25, 0.3) is 0 Å². The van der Waals surface area contributed by atoms with Crippen LogP contribution in [-0.2, 0) is 0 Å². The van der Waals surface area contributed by atoms with E-state index in [4.69, 9.17) is 0 Å². The molecule has 0 heterocycles. The maximum Gasteiger partial charge on any atom is 0.406 e. The summed E-state index contributed by atoms with van der Waals surface area (Å²) in [6.45, 7) is 1.85. The monoisotopic (exact) mass is 401 g/mol. The Kier molecular flexibility index (Phi) is 5.43. The molecular weight excluding hydrogens is 391 g/mol. The molecule has 0 atom stereocenters. The number of hydrogen-bond donors (Lipinski definition) is 0. The number of alkyl halides is 3. The van der Waals surface area contributed by atoms with E-state index in [0.717, 1.165) is 9.37 Å². The molecule has 0 N–H and O–H groups in total. The van der Waals surface area contributed by atoms with Gasteiger partial charge in [0, 0.05) is 15.0 Å². The van der Waals surface area contributed by atoms with Gasteiger partial charge in [0.15, 0.2) is 0 Å². The third-order valence-corrected chi connectivity index (χ3v) is 3.54. The fourth-order valence-corrected chi connectivity index (χ4v) is 2.72. The van der Waals surface area contributed by atoms with Crippen molar-refractivity contribution in [1.29, 1.82) is 0 Å². The lowest BCUT2D eigenvalue weighted by Crippen LogP contribution is -2.43. The second kappa shape index (κ2) is 6.26. The summed E-state index contributed by atoms with van der Waals surface area (Å²) in [5, 5.41) is 0. The minimum Gasteiger partial charge on any atom is -0.327 e. The lowest BCUT2D eigenvalue weighted by Gasteiger charge is -2.28. The Bertz CT molecular complexity index is 475. The Morgan fingerprint density at radius 1 is 1.32 bits per heavy atom. The molecule has 1 aromatic carbocycles. The number of halogens is 5. The topological polar surface area (TPSA) is 20.3 Å². The van der Waals surface area contributed by atoms with Crippen molar-refractivity contribution in [1.82, 2.24) is 4.90 Å². The van der Waals surface area contributed by atoms with Crippen LogP contribution in [-0.4, -0.2) is 29.6 Å². The highest BCUT2D eigenvalue weighted by molar-refractivity contribution is 9.11. The summed E-state index contributed by atoms with van der Waals surface area (Å²) < 4.78 is 38.7. The van der Waals surface area contributed by atoms with Gasteiger partial charge in [0.05, 0.1) is 5.56 Å². The molecule has 0 fully saturated rings. The van der Waals surface area contributed by atoms with E-state index < -0.39 is 24.7 Å². The number of nitrogens with zero attached hydrogens (tertiary/aromatic N) is 1. The Hall–Kier alpha value is -0.560. The first-order chi connectivity index (χ1) is 8.61. The zero-order valence-corrected chi connectivity index (χ0v) is 13.4. The van der Waals surface area contributed by atoms with E-state index in [1.54, 1.807) is 26.0 Å². The molecule has 2 nitrogen and oxygen atoms in total. The first-order valence-corrected chi connectivity index (χ1v) is 7.03. The number of rotatable bonds is 3. The van der Waals surface area contributed by atoms with Gasteiger partial charge in [0.25, 0.3) is 5.91 Å². The van der Waals surface area contributed by atoms with Crippen molar-refractivity contribution in [2.75, 3.05) is 6.54 Å². The van der Waals surface area contributed by atoms with Gasteiger partial charge in [-0.05, 0) is 48.0 Å². The third kappa shape index (κ3) is 4.80. The average molecular weight is 403 g/mol. The van der Waals surface area contributed by atoms with Crippen molar-refractivity contribution in [3.63, 3.8) is 0 Å². The molecule has 19 heavy (non-hydrogen) atoms. The lowest BCUT2D eigenvalue weighted by atomic mass is 10.1. The van der Waals surface area contributed by atoms with E-state index in [1.165, 1.54) is 6.07 Å². The number of benzene rings is 1. The van der Waals surface area contributed by atoms with Crippen molar-refractivity contribution in [3.05, 3.63) is 32.7 Å². The fraction of sp³-hybridized carbons (Fsp3) is 0.417. The molecule has 0 aromatic heterocycles. The summed E-state index contributed by atoms with van der Waals surface area (Å²) >= 11 is 6.41. The van der Waals surface area contributed by atoms with Crippen molar-refractivity contribution in [3.8, 4) is 0 Å². The van der Waals surface area contributed by atoms with Crippen LogP contribution in [0.4, 0.5) is 13.2 Å². The second-order valence-electron chi connectivity index (χ2n) is 4.27. The van der Waals surface area contributed by atoms with E-state index in [0.29, 0.717) is 4.47 Å². The largest absolute Gasteiger partial charge is 0.406 e. The summed E-state index contributed by atoms with van der Waals surface area (Å²) in [5.74, 6) is -0.647. The van der Waals surface area contributed by atoms with Gasteiger partial charge in [0.1, 0.15) is 6.54 Å². The highest BCUT2D eigenvalue weighted by Crippen LogP contribution is 2.25. The minimum atomic E-state index is -4.41. The molecule has 0 aliphatic rings. The molecule has 0 saturated carbocycles. The molecule has 0 aliphatic carbocycles. The Labute approximate surface area is 126 Å². The van der Waals surface area contributed by atoms with Crippen LogP contribution in [0.15, 0.2) is 27.1 Å². The van der Waals surface area contributed by atoms with Crippen molar-refractivity contribution < 1.29 is 18.0 Å². The molecule has 0 unspecified atom stereocenters. The molecule has 0 spiro atoms. The standard InChI is InChI=1S/C12H12Br2F3NO/c1-7(2)18(6-12(15,16)17)11(19)9-4-3-8(13)5-10(9)14/h3-5,7H,6H2,1-2H3. The zero-order chi connectivity index (χ0) is 14.8. The van der Waals surface area contributed by atoms with Gasteiger partial charge in [-0.2, -0.15) is 13.2 Å². The van der Waals surface area contributed by atoms with Gasteiger partial charge < -0.3 is 4.90 Å². The average Bonchev–Trinajstić information content (AvgIpc) is 2.23. The molecule has 106 valence electrons. The van der Waals surface area contributed by atoms with Gasteiger partial charge >= 0.3 is 6.18 Å². The summed E-state index contributed by atoms with van der Waals surface area (Å²) in [6.07, 6.45) is -4.41. The molecule has 1 amide bonds. The van der Waals surface area contributed by atoms with Gasteiger partial charge in [-0.15, -0.1) is 0 Å². The van der Waals surface area contributed by atoms with Crippen molar-refractivity contribution >= 4 is 37.8 Å². The smallest absolute Gasteiger partial charge is 0.327 e. The SMILES string of the molecule is CC(C)N(CC(F)(F)F)C(=O)c1ccc(Br)cc1Br. The highest BCUT2D eigenvalue weighted by Gasteiger charge is 2.35. The predicted octanol–water partition coefficient (Wildman–Crippen LogP) is 4.62. The van der Waals surface area contributed by atoms with Crippen LogP contribution < -0.4 is 0 Å². The predicted molar refractivity (Wildman–Crippen MR) is 74.1 cm³/mol. The summed E-state index contributed by atoms with van der Waals surface area (Å²) in [7, 11) is 0. The molecule has 1 aromatic rings. The molecule has 0 radical (unpaired) electrons. The van der Waals surface area contributed by atoms with Crippen molar-refractivity contribution in [2.45, 2.75) is 26.1 Å². The van der Waals surface area contributed by atoms with Gasteiger partial charge in [-0.25, -0.2) is 0 Å². The lowest BCUT2D eigenvalue weighted by molar-refractivity contribution is -0.143. The Balaban J connectivity index is 3.06. The van der Waals surface area contributed by atoms with Gasteiger partial charge in [-0.3, -0.25) is 4.79 Å². The maximum atomic E-state index is 12.5. The third-order valence-electron chi connectivity index (χ3n) is 2.40. The van der Waals surface area contributed by atoms with Crippen LogP contribution in [0.2, 0.25) is 0 Å². The maximum absolute atomic E-state index is 12.5. The second-order valence-corrected chi connectivity index (χ2v) is 6.04. The minimum absolute atomic E-state index is 0.209. The van der Waals surface area contributed by atoms with Gasteiger partial charge in [0.2, 0.25) is 0 Å². The molecule has 0 bridgehead atoms. The number of carbonyl (C=O) groups is 1. The zero-order valence-electron chi connectivity index (χ0n) is 10.3. The highest BCUT2D eigenvalue weighted by atomic mass is 79.9. The van der Waals surface area contributed by atoms with Crippen LogP contribution in [0.1, 0.15) is 24.2 Å². The molecular formula is C12H12Br2F3NO. The first kappa shape index (κ1) is 16.5. The number of carbonyl (C=O) groups excluding carboxylic acids is 1. The summed E-state index contributed by atoms with van der Waals surface area (Å²) in [6, 6.07) is 4.19. The summed E-state index contributed by atoms with van der Waals surface area (Å²) in [4.78, 5) is 13.0. The summed E-state index contributed by atoms with van der Waals surface area (Å²) in [5.41, 5.74) is 0.209. The normalized spacial score (nSPS) is 11.8. The molecule has 0 aliphatic heterocycles. The first-order valence-electron chi connectivity index (χ1n) is 5.44. The fourth-order valence-electron chi connectivity index (χ4n) is 1.50. The molecule has 1 rings (SSSR count). The quantitative estimate of drug-likeness (QED) is 0.722. The van der Waals surface area contributed by atoms with E-state index in [2.05, 4.69) is 31.9 Å². The van der Waals surface area contributed by atoms with Crippen LogP contribution in [0, 0.1) is 0 Å². The van der Waals surface area contributed by atoms with Crippen LogP contribution >= 0.6 is 31.9 Å². The van der Waals surface area contributed by atoms with E-state index in [-0.39, 0.29) is 5.56 Å². The number of hydrogen-bond acceptors (Lipinski definition) is 1. The molecule has 0 saturated heterocycles. The van der Waals surface area contributed by atoms with E-state index >= 15 is 0 Å². The Morgan fingerprint density at radius 2 is 1.89 bits per heavy atom. The van der Waals surface area contributed by atoms with Crippen LogP contribution in [0.5, 0.6) is 0 Å². The van der Waals surface area contributed by atoms with E-state index in [1.807, 2.05) is 0 Å². The molecule has 7 heteroatoms. The number of amides is 1. The van der Waals surface area contributed by atoms with E-state index in [9.17, 15) is 18.0 Å².